The molecular formula is C23H16ClNOS3. The molecule has 0 unspecified atom stereocenters. The van der Waals surface area contributed by atoms with Crippen LogP contribution >= 0.6 is 47.3 Å². The fraction of sp³-hybridized carbons (Fsp3) is 0.0435. The fourth-order valence-corrected chi connectivity index (χ4v) is 5.05. The molecule has 1 aliphatic rings. The number of nitrogens with zero attached hydrogens (tertiary/aromatic N) is 1. The number of anilines is 1. The topological polar surface area (TPSA) is 20.3 Å². The van der Waals surface area contributed by atoms with Gasteiger partial charge in [0, 0.05) is 14.8 Å². The molecule has 0 bridgehead atoms. The maximum absolute atomic E-state index is 12.9. The zero-order chi connectivity index (χ0) is 20.4. The maximum atomic E-state index is 12.9. The summed E-state index contributed by atoms with van der Waals surface area (Å²) in [6, 6.07) is 23.7. The third-order valence-corrected chi connectivity index (χ3v) is 6.88. The van der Waals surface area contributed by atoms with Crippen molar-refractivity contribution in [2.45, 2.75) is 16.7 Å². The van der Waals surface area contributed by atoms with E-state index in [0.29, 0.717) is 14.2 Å². The smallest absolute Gasteiger partial charge is 0.268 e. The molecule has 6 heteroatoms. The van der Waals surface area contributed by atoms with Crippen LogP contribution in [0.3, 0.4) is 0 Å². The molecule has 144 valence electrons. The molecular weight excluding hydrogens is 438 g/mol. The van der Waals surface area contributed by atoms with Gasteiger partial charge in [0.15, 0.2) is 4.32 Å². The van der Waals surface area contributed by atoms with Gasteiger partial charge in [-0.25, -0.2) is 0 Å². The molecule has 0 atom stereocenters. The maximum Gasteiger partial charge on any atom is 0.270 e. The highest BCUT2D eigenvalue weighted by Gasteiger charge is 2.33. The number of carbonyl (C=O) groups is 1. The van der Waals surface area contributed by atoms with Crippen LogP contribution in [-0.4, -0.2) is 10.2 Å². The summed E-state index contributed by atoms with van der Waals surface area (Å²) in [5.41, 5.74) is 2.95. The average Bonchev–Trinajstić information content (AvgIpc) is 2.99. The molecule has 3 aromatic rings. The molecule has 1 fully saturated rings. The van der Waals surface area contributed by atoms with Gasteiger partial charge in [-0.1, -0.05) is 77.2 Å². The van der Waals surface area contributed by atoms with Gasteiger partial charge in [0.1, 0.15) is 0 Å². The fourth-order valence-electron chi connectivity index (χ4n) is 2.81. The van der Waals surface area contributed by atoms with Gasteiger partial charge in [-0.3, -0.25) is 9.69 Å². The molecule has 1 saturated heterocycles. The molecule has 3 aromatic carbocycles. The summed E-state index contributed by atoms with van der Waals surface area (Å²) in [7, 11) is 0. The molecule has 0 aromatic heterocycles. The Balaban J connectivity index is 1.50. The highest BCUT2D eigenvalue weighted by atomic mass is 35.5. The van der Waals surface area contributed by atoms with Gasteiger partial charge in [0.25, 0.3) is 5.91 Å². The van der Waals surface area contributed by atoms with E-state index in [9.17, 15) is 4.79 Å². The van der Waals surface area contributed by atoms with Crippen LogP contribution in [-0.2, 0) is 4.79 Å². The van der Waals surface area contributed by atoms with E-state index < -0.39 is 0 Å². The summed E-state index contributed by atoms with van der Waals surface area (Å²) in [4.78, 5) is 17.4. The third-order valence-electron chi connectivity index (χ3n) is 4.31. The first-order chi connectivity index (χ1) is 14.0. The van der Waals surface area contributed by atoms with Crippen molar-refractivity contribution in [2.75, 3.05) is 4.90 Å². The molecule has 0 radical (unpaired) electrons. The minimum atomic E-state index is -0.111. The molecule has 0 aliphatic carbocycles. The highest BCUT2D eigenvalue weighted by Crippen LogP contribution is 2.36. The lowest BCUT2D eigenvalue weighted by Crippen LogP contribution is -2.27. The van der Waals surface area contributed by atoms with Crippen molar-refractivity contribution in [3.05, 3.63) is 93.9 Å². The van der Waals surface area contributed by atoms with Crippen molar-refractivity contribution in [3.63, 3.8) is 0 Å². The molecule has 1 amide bonds. The van der Waals surface area contributed by atoms with E-state index in [1.54, 1.807) is 40.9 Å². The molecule has 0 spiro atoms. The Hall–Kier alpha value is -2.05. The summed E-state index contributed by atoms with van der Waals surface area (Å²) in [6.45, 7) is 2.08. The molecule has 29 heavy (non-hydrogen) atoms. The Morgan fingerprint density at radius 2 is 1.52 bits per heavy atom. The van der Waals surface area contributed by atoms with Crippen molar-refractivity contribution in [1.29, 1.82) is 0 Å². The van der Waals surface area contributed by atoms with Crippen molar-refractivity contribution < 1.29 is 4.79 Å². The summed E-state index contributed by atoms with van der Waals surface area (Å²) < 4.78 is 0.523. The van der Waals surface area contributed by atoms with E-state index in [1.807, 2.05) is 18.2 Å². The van der Waals surface area contributed by atoms with Crippen LogP contribution in [0.4, 0.5) is 5.69 Å². The van der Waals surface area contributed by atoms with Crippen molar-refractivity contribution in [1.82, 2.24) is 0 Å². The third kappa shape index (κ3) is 4.75. The Labute approximate surface area is 189 Å². The lowest BCUT2D eigenvalue weighted by molar-refractivity contribution is -0.113. The van der Waals surface area contributed by atoms with Crippen LogP contribution in [0.1, 0.15) is 11.1 Å². The first-order valence-electron chi connectivity index (χ1n) is 8.88. The first-order valence-corrected chi connectivity index (χ1v) is 11.3. The lowest BCUT2D eigenvalue weighted by atomic mass is 10.2. The number of hydrogen-bond acceptors (Lipinski definition) is 4. The SMILES string of the molecule is Cc1ccc(Sc2ccc(/C=C3/SC(=S)N(c4ccc(Cl)cc4)C3=O)cc2)cc1. The zero-order valence-electron chi connectivity index (χ0n) is 15.5. The minimum Gasteiger partial charge on any atom is -0.268 e. The molecule has 1 heterocycles. The molecule has 4 rings (SSSR count). The molecule has 0 N–H and O–H groups in total. The number of hydrogen-bond donors (Lipinski definition) is 0. The monoisotopic (exact) mass is 453 g/mol. The van der Waals surface area contributed by atoms with Crippen LogP contribution in [0.5, 0.6) is 0 Å². The number of thiocarbonyl (C=S) groups is 1. The van der Waals surface area contributed by atoms with Crippen LogP contribution in [0.25, 0.3) is 6.08 Å². The molecule has 0 saturated carbocycles. The Morgan fingerprint density at radius 3 is 2.14 bits per heavy atom. The number of benzene rings is 3. The van der Waals surface area contributed by atoms with Gasteiger partial charge in [0.2, 0.25) is 0 Å². The Morgan fingerprint density at radius 1 is 0.931 bits per heavy atom. The van der Waals surface area contributed by atoms with Crippen LogP contribution in [0.15, 0.2) is 87.5 Å². The summed E-state index contributed by atoms with van der Waals surface area (Å²) in [5, 5.41) is 0.623. The van der Waals surface area contributed by atoms with Gasteiger partial charge in [0.05, 0.1) is 10.6 Å². The number of amides is 1. The van der Waals surface area contributed by atoms with Gasteiger partial charge in [-0.05, 0) is 67.1 Å². The highest BCUT2D eigenvalue weighted by molar-refractivity contribution is 8.27. The van der Waals surface area contributed by atoms with Crippen LogP contribution < -0.4 is 4.90 Å². The van der Waals surface area contributed by atoms with Gasteiger partial charge in [-0.2, -0.15) is 0 Å². The van der Waals surface area contributed by atoms with Gasteiger partial charge >= 0.3 is 0 Å². The summed E-state index contributed by atoms with van der Waals surface area (Å²) >= 11 is 14.4. The summed E-state index contributed by atoms with van der Waals surface area (Å²) in [6.07, 6.45) is 1.88. The van der Waals surface area contributed by atoms with Crippen molar-refractivity contribution >= 4 is 69.3 Å². The van der Waals surface area contributed by atoms with Crippen LogP contribution in [0.2, 0.25) is 5.02 Å². The average molecular weight is 454 g/mol. The number of halogens is 1. The molecule has 1 aliphatic heterocycles. The number of aryl methyl sites for hydroxylation is 1. The van der Waals surface area contributed by atoms with E-state index >= 15 is 0 Å². The Kier molecular flexibility index (Phi) is 6.11. The number of carbonyl (C=O) groups excluding carboxylic acids is 1. The van der Waals surface area contributed by atoms with Crippen molar-refractivity contribution in [3.8, 4) is 0 Å². The summed E-state index contributed by atoms with van der Waals surface area (Å²) in [5.74, 6) is -0.111. The van der Waals surface area contributed by atoms with E-state index in [-0.39, 0.29) is 5.91 Å². The quantitative estimate of drug-likeness (QED) is 0.307. The van der Waals surface area contributed by atoms with E-state index in [0.717, 1.165) is 16.1 Å². The second-order valence-corrected chi connectivity index (χ2v) is 9.74. The minimum absolute atomic E-state index is 0.111. The first kappa shape index (κ1) is 20.2. The van der Waals surface area contributed by atoms with E-state index in [2.05, 4.69) is 43.3 Å². The second kappa shape index (κ2) is 8.76. The van der Waals surface area contributed by atoms with E-state index in [4.69, 9.17) is 23.8 Å². The van der Waals surface area contributed by atoms with Gasteiger partial charge in [-0.15, -0.1) is 0 Å². The van der Waals surface area contributed by atoms with E-state index in [1.165, 1.54) is 22.2 Å². The molecule has 2 nitrogen and oxygen atoms in total. The number of rotatable bonds is 4. The zero-order valence-corrected chi connectivity index (χ0v) is 18.7. The largest absolute Gasteiger partial charge is 0.270 e. The van der Waals surface area contributed by atoms with Crippen LogP contribution in [0, 0.1) is 6.92 Å². The predicted octanol–water partition coefficient (Wildman–Crippen LogP) is 7.21. The van der Waals surface area contributed by atoms with Crippen molar-refractivity contribution in [2.24, 2.45) is 0 Å². The second-order valence-electron chi connectivity index (χ2n) is 6.48. The lowest BCUT2D eigenvalue weighted by Gasteiger charge is -2.14. The normalized spacial score (nSPS) is 15.4. The predicted molar refractivity (Wildman–Crippen MR) is 129 cm³/mol. The standard InChI is InChI=1S/C23H16ClNOS3/c1-15-2-10-19(11-3-15)28-20-12-4-16(5-13-20)14-21-22(26)25(23(27)29-21)18-8-6-17(24)7-9-18/h2-14H,1H3/b21-14+. The Bertz CT molecular complexity index is 1090. The number of thioether (sulfide) groups is 1. The van der Waals surface area contributed by atoms with Gasteiger partial charge < -0.3 is 0 Å².